The van der Waals surface area contributed by atoms with Crippen molar-refractivity contribution in [3.8, 4) is 11.5 Å². The molecule has 0 saturated carbocycles. The first-order valence-electron chi connectivity index (χ1n) is 12.5. The van der Waals surface area contributed by atoms with Crippen molar-refractivity contribution < 1.29 is 13.9 Å². The molecule has 1 atom stereocenters. The summed E-state index contributed by atoms with van der Waals surface area (Å²) in [6, 6.07) is 22.6. The van der Waals surface area contributed by atoms with Crippen LogP contribution in [0.1, 0.15) is 24.0 Å². The third-order valence-electron chi connectivity index (χ3n) is 7.89. The number of nitrogens with zero attached hydrogens (tertiary/aromatic N) is 2. The van der Waals surface area contributed by atoms with E-state index in [-0.39, 0.29) is 17.3 Å². The van der Waals surface area contributed by atoms with Crippen molar-refractivity contribution in [3.05, 3.63) is 89.7 Å². The van der Waals surface area contributed by atoms with Crippen LogP contribution in [0, 0.1) is 11.2 Å². The monoisotopic (exact) mass is 471 g/mol. The Morgan fingerprint density at radius 2 is 1.49 bits per heavy atom. The molecular weight excluding hydrogens is 441 g/mol. The van der Waals surface area contributed by atoms with Gasteiger partial charge in [0.25, 0.3) is 0 Å². The topological polar surface area (TPSA) is 44.8 Å². The minimum Gasteiger partial charge on any atom is -0.457 e. The number of likely N-dealkylation sites (tertiary alicyclic amines) is 2. The highest BCUT2D eigenvalue weighted by Crippen LogP contribution is 2.42. The summed E-state index contributed by atoms with van der Waals surface area (Å²) in [4.78, 5) is 17.6. The molecule has 2 amide bonds. The average Bonchev–Trinajstić information content (AvgIpc) is 3.60. The number of halogens is 1. The number of benzene rings is 3. The van der Waals surface area contributed by atoms with Gasteiger partial charge in [-0.2, -0.15) is 0 Å². The first kappa shape index (κ1) is 22.1. The Bertz CT molecular complexity index is 1190. The SMILES string of the molecule is O=C(Nc1ccc(Oc2ccc(F)cc2)cc1)N1CCC2(CCN(C3Cc4ccccc4C3)C2)C1. The highest BCUT2D eigenvalue weighted by molar-refractivity contribution is 5.89. The molecule has 3 aliphatic rings. The molecule has 1 aliphatic carbocycles. The molecule has 35 heavy (non-hydrogen) atoms. The molecular formula is C29H30FN3O2. The van der Waals surface area contributed by atoms with E-state index < -0.39 is 0 Å². The third kappa shape index (κ3) is 4.63. The van der Waals surface area contributed by atoms with Crippen LogP contribution in [0.4, 0.5) is 14.9 Å². The fourth-order valence-electron chi connectivity index (χ4n) is 5.96. The summed E-state index contributed by atoms with van der Waals surface area (Å²) >= 11 is 0. The zero-order valence-corrected chi connectivity index (χ0v) is 19.8. The zero-order chi connectivity index (χ0) is 23.8. The first-order chi connectivity index (χ1) is 17.1. The van der Waals surface area contributed by atoms with Gasteiger partial charge < -0.3 is 15.0 Å². The summed E-state index contributed by atoms with van der Waals surface area (Å²) in [5.41, 5.74) is 3.96. The van der Waals surface area contributed by atoms with Crippen LogP contribution in [0.25, 0.3) is 0 Å². The van der Waals surface area contributed by atoms with Gasteiger partial charge in [0, 0.05) is 36.8 Å². The fraction of sp³-hybridized carbons (Fsp3) is 0.345. The molecule has 2 saturated heterocycles. The van der Waals surface area contributed by atoms with E-state index in [2.05, 4.69) is 34.5 Å². The number of rotatable bonds is 4. The number of carbonyl (C=O) groups is 1. The van der Waals surface area contributed by atoms with Gasteiger partial charge in [0.05, 0.1) is 0 Å². The van der Waals surface area contributed by atoms with Crippen molar-refractivity contribution in [2.45, 2.75) is 31.7 Å². The van der Waals surface area contributed by atoms with Crippen molar-refractivity contribution in [2.24, 2.45) is 5.41 Å². The van der Waals surface area contributed by atoms with Gasteiger partial charge in [-0.1, -0.05) is 24.3 Å². The molecule has 5 nitrogen and oxygen atoms in total. The fourth-order valence-corrected chi connectivity index (χ4v) is 5.96. The number of amides is 2. The van der Waals surface area contributed by atoms with E-state index >= 15 is 0 Å². The maximum absolute atomic E-state index is 13.1. The van der Waals surface area contributed by atoms with Crippen LogP contribution in [0.3, 0.4) is 0 Å². The number of nitrogens with one attached hydrogen (secondary N) is 1. The molecule has 3 aromatic rings. The van der Waals surface area contributed by atoms with E-state index in [4.69, 9.17) is 4.74 Å². The lowest BCUT2D eigenvalue weighted by Crippen LogP contribution is -2.39. The summed E-state index contributed by atoms with van der Waals surface area (Å²) in [5.74, 6) is 0.904. The van der Waals surface area contributed by atoms with Gasteiger partial charge in [-0.05, 0) is 91.9 Å². The Balaban J connectivity index is 1.02. The van der Waals surface area contributed by atoms with Gasteiger partial charge in [0.2, 0.25) is 0 Å². The van der Waals surface area contributed by atoms with Crippen LogP contribution in [-0.2, 0) is 12.8 Å². The number of ether oxygens (including phenoxy) is 1. The molecule has 0 radical (unpaired) electrons. The molecule has 1 spiro atoms. The Hall–Kier alpha value is -3.38. The van der Waals surface area contributed by atoms with E-state index in [1.54, 1.807) is 24.3 Å². The maximum Gasteiger partial charge on any atom is 0.321 e. The lowest BCUT2D eigenvalue weighted by molar-refractivity contribution is 0.197. The smallest absolute Gasteiger partial charge is 0.321 e. The van der Waals surface area contributed by atoms with Crippen molar-refractivity contribution in [2.75, 3.05) is 31.5 Å². The number of hydrogen-bond acceptors (Lipinski definition) is 3. The second-order valence-electron chi connectivity index (χ2n) is 10.2. The van der Waals surface area contributed by atoms with E-state index in [9.17, 15) is 9.18 Å². The molecule has 0 bridgehead atoms. The van der Waals surface area contributed by atoms with Crippen LogP contribution in [0.15, 0.2) is 72.8 Å². The minimum atomic E-state index is -0.298. The Morgan fingerprint density at radius 3 is 2.17 bits per heavy atom. The first-order valence-corrected chi connectivity index (χ1v) is 12.5. The van der Waals surface area contributed by atoms with Crippen molar-refractivity contribution in [3.63, 3.8) is 0 Å². The predicted octanol–water partition coefficient (Wildman–Crippen LogP) is 5.72. The van der Waals surface area contributed by atoms with Crippen LogP contribution in [0.5, 0.6) is 11.5 Å². The third-order valence-corrected chi connectivity index (χ3v) is 7.89. The predicted molar refractivity (Wildman–Crippen MR) is 134 cm³/mol. The van der Waals surface area contributed by atoms with Gasteiger partial charge in [0.1, 0.15) is 17.3 Å². The molecule has 3 aromatic carbocycles. The number of carbonyl (C=O) groups excluding carboxylic acids is 1. The second kappa shape index (κ2) is 9.00. The van der Waals surface area contributed by atoms with Crippen LogP contribution >= 0.6 is 0 Å². The molecule has 2 aliphatic heterocycles. The molecule has 1 unspecified atom stereocenters. The summed E-state index contributed by atoms with van der Waals surface area (Å²) in [5, 5.41) is 3.04. The number of anilines is 1. The number of fused-ring (bicyclic) bond motifs is 1. The normalized spacial score (nSPS) is 22.0. The van der Waals surface area contributed by atoms with Crippen molar-refractivity contribution in [1.29, 1.82) is 0 Å². The number of urea groups is 1. The largest absolute Gasteiger partial charge is 0.457 e. The molecule has 6 heteroatoms. The molecule has 2 fully saturated rings. The Morgan fingerprint density at radius 1 is 0.857 bits per heavy atom. The van der Waals surface area contributed by atoms with Crippen molar-refractivity contribution in [1.82, 2.24) is 9.80 Å². The lowest BCUT2D eigenvalue weighted by Gasteiger charge is -2.28. The quantitative estimate of drug-likeness (QED) is 0.530. The van der Waals surface area contributed by atoms with Crippen LogP contribution in [0.2, 0.25) is 0 Å². The lowest BCUT2D eigenvalue weighted by atomic mass is 9.86. The zero-order valence-electron chi connectivity index (χ0n) is 19.8. The Kier molecular flexibility index (Phi) is 5.69. The standard InChI is InChI=1S/C29H30FN3O2/c30-23-5-9-26(10-6-23)35-27-11-7-24(8-12-27)31-28(34)33-16-14-29(20-33)13-15-32(19-29)25-17-21-3-1-2-4-22(21)18-25/h1-12,25H,13-20H2,(H,31,34). The van der Waals surface area contributed by atoms with E-state index in [1.165, 1.54) is 29.7 Å². The van der Waals surface area contributed by atoms with E-state index in [0.29, 0.717) is 17.5 Å². The molecule has 6 rings (SSSR count). The van der Waals surface area contributed by atoms with Crippen LogP contribution in [-0.4, -0.2) is 48.1 Å². The molecule has 180 valence electrons. The second-order valence-corrected chi connectivity index (χ2v) is 10.2. The summed E-state index contributed by atoms with van der Waals surface area (Å²) < 4.78 is 18.8. The average molecular weight is 472 g/mol. The number of hydrogen-bond donors (Lipinski definition) is 1. The van der Waals surface area contributed by atoms with Gasteiger partial charge in [-0.25, -0.2) is 9.18 Å². The summed E-state index contributed by atoms with van der Waals surface area (Å²) in [6.45, 7) is 3.84. The summed E-state index contributed by atoms with van der Waals surface area (Å²) in [6.07, 6.45) is 4.54. The highest BCUT2D eigenvalue weighted by Gasteiger charge is 2.46. The minimum absolute atomic E-state index is 0.0409. The Labute approximate surface area is 205 Å². The molecule has 2 heterocycles. The summed E-state index contributed by atoms with van der Waals surface area (Å²) in [7, 11) is 0. The highest BCUT2D eigenvalue weighted by atomic mass is 19.1. The van der Waals surface area contributed by atoms with Gasteiger partial charge >= 0.3 is 6.03 Å². The van der Waals surface area contributed by atoms with Gasteiger partial charge in [0.15, 0.2) is 0 Å². The van der Waals surface area contributed by atoms with Gasteiger partial charge in [-0.15, -0.1) is 0 Å². The maximum atomic E-state index is 13.1. The van der Waals surface area contributed by atoms with Gasteiger partial charge in [-0.3, -0.25) is 4.90 Å². The van der Waals surface area contributed by atoms with Crippen molar-refractivity contribution >= 4 is 11.7 Å². The van der Waals surface area contributed by atoms with Crippen LogP contribution < -0.4 is 10.1 Å². The van der Waals surface area contributed by atoms with E-state index in [1.807, 2.05) is 17.0 Å². The molecule has 0 aromatic heterocycles. The molecule has 1 N–H and O–H groups in total. The van der Waals surface area contributed by atoms with E-state index in [0.717, 1.165) is 51.1 Å².